The zero-order valence-electron chi connectivity index (χ0n) is 13.5. The van der Waals surface area contributed by atoms with E-state index in [0.29, 0.717) is 10.8 Å². The lowest BCUT2D eigenvalue weighted by molar-refractivity contribution is -0.385. The summed E-state index contributed by atoms with van der Waals surface area (Å²) in [5.41, 5.74) is 3.14. The maximum absolute atomic E-state index is 11.4. The van der Waals surface area contributed by atoms with Gasteiger partial charge in [0.15, 0.2) is 0 Å². The highest BCUT2D eigenvalue weighted by Crippen LogP contribution is 2.41. The number of fused-ring (bicyclic) bond motifs is 1. The van der Waals surface area contributed by atoms with Crippen LogP contribution in [0.2, 0.25) is 5.02 Å². The zero-order chi connectivity index (χ0) is 17.3. The van der Waals surface area contributed by atoms with Gasteiger partial charge in [-0.2, -0.15) is 0 Å². The molecule has 5 nitrogen and oxygen atoms in total. The van der Waals surface area contributed by atoms with Crippen molar-refractivity contribution in [3.05, 3.63) is 68.9 Å². The van der Waals surface area contributed by atoms with E-state index in [-0.39, 0.29) is 11.4 Å². The first-order chi connectivity index (χ1) is 11.4. The van der Waals surface area contributed by atoms with Crippen molar-refractivity contribution in [2.45, 2.75) is 12.8 Å². The Morgan fingerprint density at radius 3 is 2.54 bits per heavy atom. The highest BCUT2D eigenvalue weighted by molar-refractivity contribution is 6.30. The van der Waals surface area contributed by atoms with Crippen LogP contribution >= 0.6 is 11.6 Å². The molecule has 0 heterocycles. The molecule has 0 aliphatic heterocycles. The summed E-state index contributed by atoms with van der Waals surface area (Å²) >= 11 is 5.86. The number of hydrogen-bond donors (Lipinski definition) is 0. The van der Waals surface area contributed by atoms with Gasteiger partial charge in [0.25, 0.3) is 0 Å². The lowest BCUT2D eigenvalue weighted by Gasteiger charge is -2.11. The Labute approximate surface area is 145 Å². The molecule has 24 heavy (non-hydrogen) atoms. The molecular formula is C18H17ClN2O3. The van der Waals surface area contributed by atoms with E-state index in [1.54, 1.807) is 36.4 Å². The molecule has 1 aliphatic carbocycles. The molecule has 2 aromatic carbocycles. The third-order valence-corrected chi connectivity index (χ3v) is 4.10. The molecule has 124 valence electrons. The highest BCUT2D eigenvalue weighted by Gasteiger charge is 2.25. The Balaban J connectivity index is 2.04. The summed E-state index contributed by atoms with van der Waals surface area (Å²) in [7, 11) is 3.92. The SMILES string of the molecule is CN(C)/C=C1/CCc2cc([N+](=O)[O-])c(Oc3ccc(Cl)cc3)cc21. The zero-order valence-corrected chi connectivity index (χ0v) is 14.2. The van der Waals surface area contributed by atoms with Crippen LogP contribution in [0.4, 0.5) is 5.69 Å². The van der Waals surface area contributed by atoms with Crippen LogP contribution in [0.15, 0.2) is 42.6 Å². The summed E-state index contributed by atoms with van der Waals surface area (Å²) in [6.45, 7) is 0. The summed E-state index contributed by atoms with van der Waals surface area (Å²) in [6.07, 6.45) is 3.72. The van der Waals surface area contributed by atoms with Crippen LogP contribution in [-0.4, -0.2) is 23.9 Å². The van der Waals surface area contributed by atoms with Gasteiger partial charge in [0.1, 0.15) is 5.75 Å². The van der Waals surface area contributed by atoms with E-state index >= 15 is 0 Å². The molecule has 0 N–H and O–H groups in total. The maximum Gasteiger partial charge on any atom is 0.311 e. The molecule has 0 saturated carbocycles. The molecule has 0 radical (unpaired) electrons. The van der Waals surface area contributed by atoms with Crippen LogP contribution in [0.5, 0.6) is 11.5 Å². The summed E-state index contributed by atoms with van der Waals surface area (Å²) in [5, 5.41) is 12.0. The average molecular weight is 345 g/mol. The monoisotopic (exact) mass is 344 g/mol. The van der Waals surface area contributed by atoms with Gasteiger partial charge >= 0.3 is 5.69 Å². The fraction of sp³-hybridized carbons (Fsp3) is 0.222. The predicted octanol–water partition coefficient (Wildman–Crippen LogP) is 4.89. The van der Waals surface area contributed by atoms with Crippen molar-refractivity contribution in [2.24, 2.45) is 0 Å². The van der Waals surface area contributed by atoms with Gasteiger partial charge in [-0.15, -0.1) is 0 Å². The van der Waals surface area contributed by atoms with Crippen LogP contribution in [0.25, 0.3) is 5.57 Å². The van der Waals surface area contributed by atoms with Crippen molar-refractivity contribution in [3.63, 3.8) is 0 Å². The van der Waals surface area contributed by atoms with Crippen molar-refractivity contribution in [1.29, 1.82) is 0 Å². The number of benzene rings is 2. The van der Waals surface area contributed by atoms with Gasteiger partial charge < -0.3 is 9.64 Å². The molecule has 6 heteroatoms. The fourth-order valence-electron chi connectivity index (χ4n) is 2.82. The molecule has 0 atom stereocenters. The number of nitro groups is 1. The molecular weight excluding hydrogens is 328 g/mol. The smallest absolute Gasteiger partial charge is 0.311 e. The molecule has 0 bridgehead atoms. The van der Waals surface area contributed by atoms with Gasteiger partial charge in [-0.25, -0.2) is 0 Å². The van der Waals surface area contributed by atoms with E-state index in [2.05, 4.69) is 0 Å². The van der Waals surface area contributed by atoms with Crippen molar-refractivity contribution < 1.29 is 9.66 Å². The van der Waals surface area contributed by atoms with E-state index in [9.17, 15) is 10.1 Å². The van der Waals surface area contributed by atoms with Gasteiger partial charge in [0.2, 0.25) is 5.75 Å². The van der Waals surface area contributed by atoms with Gasteiger partial charge in [-0.3, -0.25) is 10.1 Å². The number of ether oxygens (including phenoxy) is 1. The minimum atomic E-state index is -0.404. The van der Waals surface area contributed by atoms with Gasteiger partial charge in [0.05, 0.1) is 4.92 Å². The van der Waals surface area contributed by atoms with Crippen molar-refractivity contribution in [3.8, 4) is 11.5 Å². The van der Waals surface area contributed by atoms with Crippen LogP contribution in [0.1, 0.15) is 17.5 Å². The van der Waals surface area contributed by atoms with Crippen molar-refractivity contribution in [1.82, 2.24) is 4.90 Å². The molecule has 0 unspecified atom stereocenters. The Bertz CT molecular complexity index is 814. The Kier molecular flexibility index (Phi) is 4.44. The van der Waals surface area contributed by atoms with E-state index < -0.39 is 4.92 Å². The van der Waals surface area contributed by atoms with E-state index in [1.807, 2.05) is 25.2 Å². The first-order valence-corrected chi connectivity index (χ1v) is 7.94. The second-order valence-electron chi connectivity index (χ2n) is 5.91. The molecule has 0 saturated heterocycles. The van der Waals surface area contributed by atoms with Gasteiger partial charge in [-0.05, 0) is 59.9 Å². The summed E-state index contributed by atoms with van der Waals surface area (Å²) in [5.74, 6) is 0.756. The Morgan fingerprint density at radius 2 is 1.92 bits per heavy atom. The first kappa shape index (κ1) is 16.3. The summed E-state index contributed by atoms with van der Waals surface area (Å²) in [6, 6.07) is 10.1. The summed E-state index contributed by atoms with van der Waals surface area (Å²) in [4.78, 5) is 13.0. The lowest BCUT2D eigenvalue weighted by Crippen LogP contribution is -2.02. The number of hydrogen-bond acceptors (Lipinski definition) is 4. The van der Waals surface area contributed by atoms with Crippen LogP contribution in [0, 0.1) is 10.1 Å². The van der Waals surface area contributed by atoms with E-state index in [4.69, 9.17) is 16.3 Å². The average Bonchev–Trinajstić information content (AvgIpc) is 2.90. The van der Waals surface area contributed by atoms with Crippen LogP contribution in [0.3, 0.4) is 0 Å². The largest absolute Gasteiger partial charge is 0.450 e. The second kappa shape index (κ2) is 6.53. The van der Waals surface area contributed by atoms with Crippen LogP contribution in [-0.2, 0) is 6.42 Å². The standard InChI is InChI=1S/C18H17ClN2O3/c1-20(2)11-13-4-3-12-9-17(21(22)23)18(10-16(12)13)24-15-7-5-14(19)6-8-15/h5-11H,3-4H2,1-2H3/b13-11-. The number of halogens is 1. The van der Waals surface area contributed by atoms with Gasteiger partial charge in [0, 0.05) is 31.4 Å². The number of rotatable bonds is 4. The molecule has 0 amide bonds. The Hall–Kier alpha value is -2.53. The topological polar surface area (TPSA) is 55.6 Å². The minimum absolute atomic E-state index is 0.0187. The van der Waals surface area contributed by atoms with Crippen molar-refractivity contribution in [2.75, 3.05) is 14.1 Å². The second-order valence-corrected chi connectivity index (χ2v) is 6.34. The third kappa shape index (κ3) is 3.36. The number of aryl methyl sites for hydroxylation is 1. The Morgan fingerprint density at radius 1 is 1.21 bits per heavy atom. The lowest BCUT2D eigenvalue weighted by atomic mass is 10.1. The van der Waals surface area contributed by atoms with E-state index in [1.165, 1.54) is 0 Å². The molecule has 3 rings (SSSR count). The summed E-state index contributed by atoms with van der Waals surface area (Å²) < 4.78 is 5.76. The predicted molar refractivity (Wildman–Crippen MR) is 94.6 cm³/mol. The number of allylic oxidation sites excluding steroid dienone is 1. The minimum Gasteiger partial charge on any atom is -0.450 e. The quantitative estimate of drug-likeness (QED) is 0.585. The fourth-order valence-corrected chi connectivity index (χ4v) is 2.95. The molecule has 0 aromatic heterocycles. The van der Waals surface area contributed by atoms with E-state index in [0.717, 1.165) is 29.5 Å². The molecule has 0 fully saturated rings. The molecule has 2 aromatic rings. The van der Waals surface area contributed by atoms with Crippen molar-refractivity contribution >= 4 is 22.9 Å². The number of nitrogens with zero attached hydrogens (tertiary/aromatic N) is 2. The normalized spacial score (nSPS) is 14.5. The molecule has 0 spiro atoms. The third-order valence-electron chi connectivity index (χ3n) is 3.85. The van der Waals surface area contributed by atoms with Crippen LogP contribution < -0.4 is 4.74 Å². The highest BCUT2D eigenvalue weighted by atomic mass is 35.5. The number of nitro benzene ring substituents is 1. The molecule has 1 aliphatic rings. The maximum atomic E-state index is 11.4. The first-order valence-electron chi connectivity index (χ1n) is 7.56. The van der Waals surface area contributed by atoms with Gasteiger partial charge in [-0.1, -0.05) is 11.6 Å².